The quantitative estimate of drug-likeness (QED) is 0.0884. The average Bonchev–Trinajstić information content (AvgIpc) is 4.08. The fourth-order valence-electron chi connectivity index (χ4n) is 8.64. The van der Waals surface area contributed by atoms with Crippen LogP contribution in [0.25, 0.3) is 0 Å². The predicted octanol–water partition coefficient (Wildman–Crippen LogP) is 3.97. The summed E-state index contributed by atoms with van der Waals surface area (Å²) in [6.45, 7) is 14.6. The minimum Gasteiger partial charge on any atom is -0.460 e. The van der Waals surface area contributed by atoms with E-state index in [0.29, 0.717) is 49.9 Å². The Morgan fingerprint density at radius 1 is 0.542 bits per heavy atom. The molecule has 390 valence electrons. The second-order valence-corrected chi connectivity index (χ2v) is 20.7. The Morgan fingerprint density at radius 2 is 0.903 bits per heavy atom. The van der Waals surface area contributed by atoms with Gasteiger partial charge in [-0.15, -0.1) is 0 Å². The van der Waals surface area contributed by atoms with Crippen molar-refractivity contribution in [3.05, 3.63) is 107 Å². The lowest BCUT2D eigenvalue weighted by molar-refractivity contribution is -0.144. The van der Waals surface area contributed by atoms with Crippen molar-refractivity contribution in [1.82, 2.24) is 41.7 Å². The third-order valence-corrected chi connectivity index (χ3v) is 13.3. The summed E-state index contributed by atoms with van der Waals surface area (Å²) in [7, 11) is 3.31. The van der Waals surface area contributed by atoms with E-state index in [9.17, 15) is 38.4 Å². The second kappa shape index (κ2) is 25.1. The van der Waals surface area contributed by atoms with Crippen LogP contribution in [0.5, 0.6) is 0 Å². The molecule has 8 unspecified atom stereocenters. The molecule has 2 saturated heterocycles. The number of hydrogen-bond donors (Lipinski definition) is 6. The molecule has 3 aromatic carbocycles. The molecule has 0 aliphatic carbocycles. The highest BCUT2D eigenvalue weighted by Gasteiger charge is 2.44. The van der Waals surface area contributed by atoms with Gasteiger partial charge in [-0.05, 0) is 93.8 Å². The Bertz CT molecular complexity index is 2230. The van der Waals surface area contributed by atoms with E-state index in [-0.39, 0.29) is 48.0 Å². The minimum atomic E-state index is -0.895. The van der Waals surface area contributed by atoms with Gasteiger partial charge in [0.2, 0.25) is 35.4 Å². The lowest BCUT2D eigenvalue weighted by atomic mass is 9.85. The number of rotatable bonds is 20. The zero-order valence-corrected chi connectivity index (χ0v) is 43.3. The summed E-state index contributed by atoms with van der Waals surface area (Å²) in [5.74, 6) is -3.82. The first-order valence-electron chi connectivity index (χ1n) is 24.8. The summed E-state index contributed by atoms with van der Waals surface area (Å²) >= 11 is 0. The highest BCUT2D eigenvalue weighted by Crippen LogP contribution is 2.29. The number of likely N-dealkylation sites (N-methyl/N-ethyl adjacent to an activating group) is 2. The van der Waals surface area contributed by atoms with Crippen LogP contribution in [0.3, 0.4) is 0 Å². The molecule has 5 rings (SSSR count). The van der Waals surface area contributed by atoms with E-state index in [4.69, 9.17) is 9.47 Å². The van der Waals surface area contributed by atoms with Gasteiger partial charge in [-0.1, -0.05) is 108 Å². The monoisotopic (exact) mass is 995 g/mol. The van der Waals surface area contributed by atoms with Gasteiger partial charge in [0.15, 0.2) is 0 Å². The number of nitrogens with one attached hydrogen (secondary N) is 6. The van der Waals surface area contributed by atoms with Crippen LogP contribution in [0.4, 0.5) is 0 Å². The molecule has 3 aromatic rings. The van der Waals surface area contributed by atoms with Crippen LogP contribution >= 0.6 is 0 Å². The summed E-state index contributed by atoms with van der Waals surface area (Å²) in [5, 5.41) is 17.5. The molecule has 6 amide bonds. The number of esters is 2. The van der Waals surface area contributed by atoms with Crippen molar-refractivity contribution in [2.24, 2.45) is 10.8 Å². The molecule has 18 heteroatoms. The SMILES string of the molecule is CNC(C)C(=O)NC(C(=O)N1CCCC1C(=O)NC(COC(=O)c1cccc(C(=O)OCC(NC(=O)C2CCCN2C(=O)C(NC(=O)C(C)NC)C(C)(C)C)c2ccccc2)c1)c1ccccc1)C(C)(C)C. The molecule has 8 atom stereocenters. The van der Waals surface area contributed by atoms with Crippen LogP contribution in [-0.4, -0.2) is 134 Å². The average molecular weight is 995 g/mol. The molecule has 72 heavy (non-hydrogen) atoms. The van der Waals surface area contributed by atoms with Crippen LogP contribution in [0.1, 0.15) is 125 Å². The van der Waals surface area contributed by atoms with Crippen molar-refractivity contribution >= 4 is 47.4 Å². The molecule has 0 spiro atoms. The smallest absolute Gasteiger partial charge is 0.338 e. The number of amides is 6. The predicted molar refractivity (Wildman–Crippen MR) is 271 cm³/mol. The Morgan fingerprint density at radius 3 is 1.24 bits per heavy atom. The molecule has 0 saturated carbocycles. The Kier molecular flexibility index (Phi) is 19.6. The van der Waals surface area contributed by atoms with Gasteiger partial charge in [0.1, 0.15) is 37.4 Å². The molecule has 2 aliphatic heterocycles. The lowest BCUT2D eigenvalue weighted by Gasteiger charge is -2.36. The molecule has 2 fully saturated rings. The zero-order valence-electron chi connectivity index (χ0n) is 43.3. The Hall–Kier alpha value is -6.66. The molecule has 0 radical (unpaired) electrons. The molecular formula is C54H74N8O10. The fraction of sp³-hybridized carbons (Fsp3) is 0.519. The third kappa shape index (κ3) is 14.7. The number of carbonyl (C=O) groups is 8. The highest BCUT2D eigenvalue weighted by molar-refractivity contribution is 5.97. The van der Waals surface area contributed by atoms with Crippen LogP contribution in [0.15, 0.2) is 84.9 Å². The van der Waals surface area contributed by atoms with Gasteiger partial charge in [-0.2, -0.15) is 0 Å². The van der Waals surface area contributed by atoms with Gasteiger partial charge in [0.25, 0.3) is 0 Å². The molecule has 2 aliphatic rings. The zero-order chi connectivity index (χ0) is 52.9. The van der Waals surface area contributed by atoms with E-state index < -0.39 is 82.9 Å². The minimum absolute atomic E-state index is 0.0436. The number of ether oxygens (including phenoxy) is 2. The maximum absolute atomic E-state index is 14.1. The maximum atomic E-state index is 14.1. The van der Waals surface area contributed by atoms with E-state index in [1.807, 2.05) is 53.7 Å². The number of benzene rings is 3. The second-order valence-electron chi connectivity index (χ2n) is 20.7. The van der Waals surface area contributed by atoms with Crippen molar-refractivity contribution in [3.63, 3.8) is 0 Å². The van der Waals surface area contributed by atoms with E-state index in [0.717, 1.165) is 0 Å². The molecule has 0 aromatic heterocycles. The van der Waals surface area contributed by atoms with Crippen molar-refractivity contribution in [3.8, 4) is 0 Å². The van der Waals surface area contributed by atoms with Gasteiger partial charge < -0.3 is 51.2 Å². The van der Waals surface area contributed by atoms with Crippen LogP contribution in [0.2, 0.25) is 0 Å². The normalized spacial score (nSPS) is 18.4. The van der Waals surface area contributed by atoms with Gasteiger partial charge in [0, 0.05) is 13.1 Å². The number of carbonyl (C=O) groups excluding carboxylic acids is 8. The van der Waals surface area contributed by atoms with E-state index >= 15 is 0 Å². The van der Waals surface area contributed by atoms with E-state index in [2.05, 4.69) is 31.9 Å². The van der Waals surface area contributed by atoms with Gasteiger partial charge in [-0.25, -0.2) is 9.59 Å². The van der Waals surface area contributed by atoms with Crippen molar-refractivity contribution in [2.45, 2.75) is 129 Å². The molecular weight excluding hydrogens is 921 g/mol. The van der Waals surface area contributed by atoms with E-state index in [1.165, 1.54) is 34.1 Å². The summed E-state index contributed by atoms with van der Waals surface area (Å²) < 4.78 is 11.6. The van der Waals surface area contributed by atoms with Gasteiger partial charge >= 0.3 is 11.9 Å². The first-order chi connectivity index (χ1) is 34.0. The summed E-state index contributed by atoms with van der Waals surface area (Å²) in [5.41, 5.74) is 0.0704. The van der Waals surface area contributed by atoms with E-state index in [1.54, 1.807) is 76.5 Å². The largest absolute Gasteiger partial charge is 0.460 e. The van der Waals surface area contributed by atoms with Crippen LogP contribution in [-0.2, 0) is 38.2 Å². The highest BCUT2D eigenvalue weighted by atomic mass is 16.5. The number of nitrogens with zero attached hydrogens (tertiary/aromatic N) is 2. The van der Waals surface area contributed by atoms with Crippen molar-refractivity contribution < 1.29 is 47.8 Å². The third-order valence-electron chi connectivity index (χ3n) is 13.3. The molecule has 2 heterocycles. The van der Waals surface area contributed by atoms with Gasteiger partial charge in [0.05, 0.1) is 35.3 Å². The molecule has 18 nitrogen and oxygen atoms in total. The first kappa shape index (κ1) is 56.3. The molecule has 0 bridgehead atoms. The topological polar surface area (TPSA) is 234 Å². The standard InChI is InChI=1S/C54H74N8O10/c1-33(55-9)45(63)59-43(53(3,4)5)49(67)61-28-18-26-41(61)47(65)57-39(35-20-13-11-14-21-35)31-71-51(69)37-24-17-25-38(30-37)52(70)72-32-40(36-22-15-12-16-23-36)58-48(66)42-27-19-29-62(42)50(68)44(54(6,7)8)60-46(64)34(2)56-10/h11-17,20-25,30,33-34,39-44,55-56H,18-19,26-29,31-32H2,1-10H3,(H,57,65)(H,58,66)(H,59,63)(H,60,64). The Labute approximate surface area is 423 Å². The summed E-state index contributed by atoms with van der Waals surface area (Å²) in [4.78, 5) is 112. The van der Waals surface area contributed by atoms with Crippen LogP contribution in [0, 0.1) is 10.8 Å². The number of likely N-dealkylation sites (tertiary alicyclic amines) is 2. The lowest BCUT2D eigenvalue weighted by Crippen LogP contribution is -2.59. The summed E-state index contributed by atoms with van der Waals surface area (Å²) in [6, 6.07) is 17.6. The first-order valence-corrected chi connectivity index (χ1v) is 24.8. The maximum Gasteiger partial charge on any atom is 0.338 e. The van der Waals surface area contributed by atoms with Crippen LogP contribution < -0.4 is 31.9 Å². The van der Waals surface area contributed by atoms with Crippen molar-refractivity contribution in [1.29, 1.82) is 0 Å². The number of hydrogen-bond acceptors (Lipinski definition) is 12. The Balaban J connectivity index is 1.25. The van der Waals surface area contributed by atoms with Gasteiger partial charge in [-0.3, -0.25) is 28.8 Å². The molecule has 6 N–H and O–H groups in total. The fourth-order valence-corrected chi connectivity index (χ4v) is 8.64. The van der Waals surface area contributed by atoms with Crippen molar-refractivity contribution in [2.75, 3.05) is 40.4 Å². The summed E-state index contributed by atoms with van der Waals surface area (Å²) in [6.07, 6.45) is 1.95.